The number of anilines is 1. The number of esters is 1. The predicted octanol–water partition coefficient (Wildman–Crippen LogP) is 3.69. The number of methoxy groups -OCH3 is 1. The normalized spacial score (nSPS) is 15.0. The SMILES string of the molecule is COc1ccccc1CCC1=N/C(=C/c2ccc(N(C)C)cc2)C(=O)O1. The standard InChI is InChI=1S/C21H22N2O3/c1-23(2)17-11-8-15(9-12-17)14-18-21(24)26-20(22-18)13-10-16-6-4-5-7-19(16)25-3/h4-9,11-12,14H,10,13H2,1-3H3/b18-14+. The highest BCUT2D eigenvalue weighted by Gasteiger charge is 2.22. The largest absolute Gasteiger partial charge is 0.496 e. The van der Waals surface area contributed by atoms with Crippen molar-refractivity contribution in [2.75, 3.05) is 26.1 Å². The molecular weight excluding hydrogens is 328 g/mol. The molecule has 0 radical (unpaired) electrons. The fourth-order valence-electron chi connectivity index (χ4n) is 2.74. The van der Waals surface area contributed by atoms with Gasteiger partial charge in [-0.1, -0.05) is 30.3 Å². The van der Waals surface area contributed by atoms with E-state index in [-0.39, 0.29) is 0 Å². The number of hydrogen-bond acceptors (Lipinski definition) is 5. The molecule has 0 saturated heterocycles. The second-order valence-electron chi connectivity index (χ2n) is 6.22. The predicted molar refractivity (Wildman–Crippen MR) is 104 cm³/mol. The lowest BCUT2D eigenvalue weighted by Crippen LogP contribution is -2.08. The van der Waals surface area contributed by atoms with Crippen LogP contribution in [0.25, 0.3) is 6.08 Å². The van der Waals surface area contributed by atoms with Gasteiger partial charge in [0, 0.05) is 26.2 Å². The Morgan fingerprint density at radius 3 is 2.50 bits per heavy atom. The van der Waals surface area contributed by atoms with Crippen molar-refractivity contribution < 1.29 is 14.3 Å². The van der Waals surface area contributed by atoms with Gasteiger partial charge in [-0.05, 0) is 41.8 Å². The Bertz CT molecular complexity index is 852. The summed E-state index contributed by atoms with van der Waals surface area (Å²) in [6, 6.07) is 15.7. The average Bonchev–Trinajstić information content (AvgIpc) is 3.00. The van der Waals surface area contributed by atoms with Crippen molar-refractivity contribution in [1.29, 1.82) is 0 Å². The lowest BCUT2D eigenvalue weighted by Gasteiger charge is -2.11. The summed E-state index contributed by atoms with van der Waals surface area (Å²) in [5.41, 5.74) is 3.41. The highest BCUT2D eigenvalue weighted by atomic mass is 16.6. The molecule has 0 atom stereocenters. The number of carbonyl (C=O) groups excluding carboxylic acids is 1. The second-order valence-corrected chi connectivity index (χ2v) is 6.22. The topological polar surface area (TPSA) is 51.1 Å². The number of hydrogen-bond donors (Lipinski definition) is 0. The van der Waals surface area contributed by atoms with Gasteiger partial charge >= 0.3 is 5.97 Å². The highest BCUT2D eigenvalue weighted by Crippen LogP contribution is 2.22. The first-order valence-electron chi connectivity index (χ1n) is 8.47. The zero-order chi connectivity index (χ0) is 18.5. The summed E-state index contributed by atoms with van der Waals surface area (Å²) in [6.07, 6.45) is 2.99. The first-order chi connectivity index (χ1) is 12.6. The minimum Gasteiger partial charge on any atom is -0.496 e. The van der Waals surface area contributed by atoms with E-state index in [1.807, 2.05) is 67.5 Å². The average molecular weight is 350 g/mol. The van der Waals surface area contributed by atoms with Crippen LogP contribution >= 0.6 is 0 Å². The fourth-order valence-corrected chi connectivity index (χ4v) is 2.74. The Labute approximate surface area is 153 Å². The Kier molecular flexibility index (Phi) is 5.37. The molecule has 1 aliphatic heterocycles. The van der Waals surface area contributed by atoms with Gasteiger partial charge in [0.1, 0.15) is 5.75 Å². The molecule has 0 aromatic heterocycles. The van der Waals surface area contributed by atoms with Crippen LogP contribution in [-0.4, -0.2) is 33.1 Å². The molecule has 0 aliphatic carbocycles. The van der Waals surface area contributed by atoms with Crippen LogP contribution in [0.3, 0.4) is 0 Å². The smallest absolute Gasteiger partial charge is 0.363 e. The number of para-hydroxylation sites is 1. The fraction of sp³-hybridized carbons (Fsp3) is 0.238. The molecule has 0 fully saturated rings. The number of rotatable bonds is 6. The van der Waals surface area contributed by atoms with E-state index in [2.05, 4.69) is 4.99 Å². The van der Waals surface area contributed by atoms with Crippen molar-refractivity contribution in [3.63, 3.8) is 0 Å². The van der Waals surface area contributed by atoms with Crippen LogP contribution in [0.15, 0.2) is 59.2 Å². The zero-order valence-electron chi connectivity index (χ0n) is 15.2. The third kappa shape index (κ3) is 4.11. The monoisotopic (exact) mass is 350 g/mol. The van der Waals surface area contributed by atoms with E-state index in [0.29, 0.717) is 24.4 Å². The molecule has 1 heterocycles. The van der Waals surface area contributed by atoms with E-state index in [4.69, 9.17) is 9.47 Å². The number of benzene rings is 2. The summed E-state index contributed by atoms with van der Waals surface area (Å²) in [6.45, 7) is 0. The van der Waals surface area contributed by atoms with E-state index in [1.54, 1.807) is 13.2 Å². The number of aryl methyl sites for hydroxylation is 1. The molecule has 0 N–H and O–H groups in total. The van der Waals surface area contributed by atoms with Crippen molar-refractivity contribution in [3.8, 4) is 5.75 Å². The van der Waals surface area contributed by atoms with Gasteiger partial charge in [-0.25, -0.2) is 9.79 Å². The number of nitrogens with zero attached hydrogens (tertiary/aromatic N) is 2. The van der Waals surface area contributed by atoms with Crippen LogP contribution in [-0.2, 0) is 16.0 Å². The molecule has 2 aromatic rings. The summed E-state index contributed by atoms with van der Waals surface area (Å²) in [7, 11) is 5.62. The van der Waals surface area contributed by atoms with Crippen molar-refractivity contribution in [2.24, 2.45) is 4.99 Å². The van der Waals surface area contributed by atoms with Gasteiger partial charge in [0.2, 0.25) is 0 Å². The van der Waals surface area contributed by atoms with E-state index >= 15 is 0 Å². The number of ether oxygens (including phenoxy) is 2. The first kappa shape index (κ1) is 17.7. The minimum absolute atomic E-state index is 0.331. The summed E-state index contributed by atoms with van der Waals surface area (Å²) >= 11 is 0. The summed E-state index contributed by atoms with van der Waals surface area (Å²) in [4.78, 5) is 18.4. The van der Waals surface area contributed by atoms with Crippen molar-refractivity contribution in [1.82, 2.24) is 0 Å². The van der Waals surface area contributed by atoms with Crippen LogP contribution in [0.2, 0.25) is 0 Å². The molecule has 5 heteroatoms. The molecule has 0 unspecified atom stereocenters. The van der Waals surface area contributed by atoms with Crippen LogP contribution < -0.4 is 9.64 Å². The maximum Gasteiger partial charge on any atom is 0.363 e. The lowest BCUT2D eigenvalue weighted by atomic mass is 10.1. The Balaban J connectivity index is 1.70. The third-order valence-corrected chi connectivity index (χ3v) is 4.18. The van der Waals surface area contributed by atoms with Gasteiger partial charge in [0.15, 0.2) is 11.6 Å². The van der Waals surface area contributed by atoms with Crippen molar-refractivity contribution >= 4 is 23.6 Å². The second kappa shape index (κ2) is 7.87. The quantitative estimate of drug-likeness (QED) is 0.589. The van der Waals surface area contributed by atoms with E-state index in [0.717, 1.165) is 22.6 Å². The Morgan fingerprint density at radius 2 is 1.81 bits per heavy atom. The number of carbonyl (C=O) groups is 1. The number of cyclic esters (lactones) is 1. The molecular formula is C21H22N2O3. The maximum atomic E-state index is 12.1. The molecule has 0 amide bonds. The number of aliphatic imine (C=N–C) groups is 1. The van der Waals surface area contributed by atoms with Gasteiger partial charge in [-0.2, -0.15) is 0 Å². The van der Waals surface area contributed by atoms with Gasteiger partial charge < -0.3 is 14.4 Å². The zero-order valence-corrected chi connectivity index (χ0v) is 15.2. The Morgan fingerprint density at radius 1 is 1.08 bits per heavy atom. The molecule has 3 rings (SSSR count). The van der Waals surface area contributed by atoms with Gasteiger partial charge in [-0.3, -0.25) is 0 Å². The summed E-state index contributed by atoms with van der Waals surface area (Å²) in [5.74, 6) is 0.864. The molecule has 134 valence electrons. The van der Waals surface area contributed by atoms with Crippen LogP contribution in [0, 0.1) is 0 Å². The molecule has 26 heavy (non-hydrogen) atoms. The van der Waals surface area contributed by atoms with Crippen LogP contribution in [0.5, 0.6) is 5.75 Å². The summed E-state index contributed by atoms with van der Waals surface area (Å²) < 4.78 is 10.6. The third-order valence-electron chi connectivity index (χ3n) is 4.18. The van der Waals surface area contributed by atoms with E-state index in [9.17, 15) is 4.79 Å². The first-order valence-corrected chi connectivity index (χ1v) is 8.47. The van der Waals surface area contributed by atoms with Gasteiger partial charge in [-0.15, -0.1) is 0 Å². The highest BCUT2D eigenvalue weighted by molar-refractivity contribution is 6.07. The van der Waals surface area contributed by atoms with Crippen LogP contribution in [0.1, 0.15) is 17.5 Å². The Hall–Kier alpha value is -3.08. The maximum absolute atomic E-state index is 12.1. The molecule has 0 spiro atoms. The van der Waals surface area contributed by atoms with Gasteiger partial charge in [0.25, 0.3) is 0 Å². The van der Waals surface area contributed by atoms with Gasteiger partial charge in [0.05, 0.1) is 7.11 Å². The molecule has 0 saturated carbocycles. The van der Waals surface area contributed by atoms with Crippen molar-refractivity contribution in [2.45, 2.75) is 12.8 Å². The van der Waals surface area contributed by atoms with Crippen LogP contribution in [0.4, 0.5) is 5.69 Å². The van der Waals surface area contributed by atoms with E-state index < -0.39 is 5.97 Å². The molecule has 1 aliphatic rings. The van der Waals surface area contributed by atoms with E-state index in [1.165, 1.54) is 0 Å². The summed E-state index contributed by atoms with van der Waals surface area (Å²) in [5, 5.41) is 0. The molecule has 2 aromatic carbocycles. The molecule has 0 bridgehead atoms. The lowest BCUT2D eigenvalue weighted by molar-refractivity contribution is -0.130. The molecule has 5 nitrogen and oxygen atoms in total. The van der Waals surface area contributed by atoms with Crippen molar-refractivity contribution in [3.05, 3.63) is 65.4 Å². The minimum atomic E-state index is -0.406.